The Hall–Kier alpha value is -3.84. The van der Waals surface area contributed by atoms with E-state index in [0.717, 1.165) is 5.56 Å². The number of aromatic carboxylic acids is 1. The van der Waals surface area contributed by atoms with E-state index in [9.17, 15) is 23.2 Å². The Labute approximate surface area is 217 Å². The molecule has 0 unspecified atom stereocenters. The van der Waals surface area contributed by atoms with Crippen molar-refractivity contribution in [2.45, 2.75) is 19.1 Å². The number of carbonyl (C=O) groups is 3. The van der Waals surface area contributed by atoms with E-state index in [1.165, 1.54) is 11.0 Å². The third-order valence-electron chi connectivity index (χ3n) is 6.53. The van der Waals surface area contributed by atoms with Crippen LogP contribution in [0.25, 0.3) is 0 Å². The molecule has 2 aliphatic rings. The molecule has 2 N–H and O–H groups in total. The quantitative estimate of drug-likeness (QED) is 0.531. The van der Waals surface area contributed by atoms with Gasteiger partial charge in [-0.1, -0.05) is 12.1 Å². The fraction of sp³-hybridized carbons (Fsp3) is 0.400. The number of hydrogen-bond acceptors (Lipinski definition) is 7. The summed E-state index contributed by atoms with van der Waals surface area (Å²) in [6.07, 6.45) is -4.75. The number of rotatable bonds is 8. The number of likely N-dealkylation sites (N-methyl/N-ethyl adjacent to an activating group) is 1. The molecule has 2 aliphatic heterocycles. The molecule has 1 atom stereocenters. The van der Waals surface area contributed by atoms with Crippen LogP contribution in [-0.2, 0) is 16.1 Å². The van der Waals surface area contributed by atoms with Crippen molar-refractivity contribution < 1.29 is 37.4 Å². The lowest BCUT2D eigenvalue weighted by Gasteiger charge is -2.29. The number of nitrogens with zero attached hydrogens (tertiary/aromatic N) is 4. The summed E-state index contributed by atoms with van der Waals surface area (Å²) in [5, 5.41) is 15.2. The summed E-state index contributed by atoms with van der Waals surface area (Å²) in [4.78, 5) is 37.5. The van der Waals surface area contributed by atoms with Crippen molar-refractivity contribution in [3.05, 3.63) is 59.4 Å². The van der Waals surface area contributed by atoms with Crippen LogP contribution >= 0.6 is 0 Å². The number of anilines is 2. The van der Waals surface area contributed by atoms with Crippen LogP contribution in [0, 0.1) is 5.82 Å². The van der Waals surface area contributed by atoms with E-state index in [2.05, 4.69) is 5.01 Å². The molecule has 0 bridgehead atoms. The summed E-state index contributed by atoms with van der Waals surface area (Å²) in [5.41, 5.74) is 1.81. The molecule has 10 nitrogen and oxygen atoms in total. The molecular formula is C25H28F3N5O5. The number of amides is 2. The number of benzene rings is 2. The topological polar surface area (TPSA) is 106 Å². The van der Waals surface area contributed by atoms with E-state index in [0.29, 0.717) is 38.4 Å². The highest BCUT2D eigenvalue weighted by Gasteiger charge is 2.33. The fourth-order valence-electron chi connectivity index (χ4n) is 4.38. The van der Waals surface area contributed by atoms with Crippen molar-refractivity contribution in [2.24, 2.45) is 0 Å². The minimum absolute atomic E-state index is 0.0158. The molecule has 204 valence electrons. The minimum Gasteiger partial charge on any atom is -0.478 e. The van der Waals surface area contributed by atoms with Gasteiger partial charge in [0.05, 0.1) is 30.0 Å². The highest BCUT2D eigenvalue weighted by molar-refractivity contribution is 5.90. The first-order chi connectivity index (χ1) is 18.1. The zero-order valence-electron chi connectivity index (χ0n) is 20.6. The number of ether oxygens (including phenoxy) is 1. The van der Waals surface area contributed by atoms with E-state index in [1.807, 2.05) is 22.3 Å². The summed E-state index contributed by atoms with van der Waals surface area (Å²) >= 11 is 0. The van der Waals surface area contributed by atoms with Crippen LogP contribution in [0.4, 0.5) is 29.3 Å². The van der Waals surface area contributed by atoms with Crippen LogP contribution in [0.5, 0.6) is 0 Å². The van der Waals surface area contributed by atoms with Gasteiger partial charge in [-0.3, -0.25) is 9.69 Å². The number of carbonyl (C=O) groups excluding carboxylic acids is 2. The van der Waals surface area contributed by atoms with E-state index in [4.69, 9.17) is 9.84 Å². The van der Waals surface area contributed by atoms with Gasteiger partial charge in [0, 0.05) is 39.8 Å². The molecule has 0 aromatic heterocycles. The standard InChI is InChI=1S/C25H28F3N5O5/c1-30-8-9-31(10-11-32(30)14-16-2-4-17(5-3-16)24(35)36)21-7-6-18(12-20(21)26)33-15-19(38-25(33)37)13-29-23(34)22(27)28/h2-7,12,19,22H,8-11,13-15H2,1H3,(H,29,34)(H,35,36)/t19-/m0/s1. The lowest BCUT2D eigenvalue weighted by Crippen LogP contribution is -2.40. The molecule has 0 spiro atoms. The van der Waals surface area contributed by atoms with Crippen LogP contribution in [0.1, 0.15) is 15.9 Å². The summed E-state index contributed by atoms with van der Waals surface area (Å²) < 4.78 is 45.0. The summed E-state index contributed by atoms with van der Waals surface area (Å²) in [6.45, 7) is 2.60. The van der Waals surface area contributed by atoms with Crippen LogP contribution in [0.15, 0.2) is 42.5 Å². The molecule has 2 amide bonds. The highest BCUT2D eigenvalue weighted by atomic mass is 19.3. The first kappa shape index (κ1) is 27.2. The number of nitrogens with one attached hydrogen (secondary N) is 1. The molecule has 38 heavy (non-hydrogen) atoms. The maximum Gasteiger partial charge on any atom is 0.414 e. The Kier molecular flexibility index (Phi) is 8.37. The minimum atomic E-state index is -3.17. The molecule has 2 fully saturated rings. The van der Waals surface area contributed by atoms with Crippen LogP contribution in [0.2, 0.25) is 0 Å². The second kappa shape index (κ2) is 11.7. The molecular weight excluding hydrogens is 507 g/mol. The molecule has 0 saturated carbocycles. The molecule has 0 aliphatic carbocycles. The monoisotopic (exact) mass is 535 g/mol. The van der Waals surface area contributed by atoms with Crippen molar-refractivity contribution in [3.63, 3.8) is 0 Å². The lowest BCUT2D eigenvalue weighted by molar-refractivity contribution is -0.132. The van der Waals surface area contributed by atoms with Gasteiger partial charge in [0.25, 0.3) is 5.91 Å². The lowest BCUT2D eigenvalue weighted by atomic mass is 10.1. The number of carboxylic acid groups (broad SMARTS) is 1. The maximum absolute atomic E-state index is 15.2. The molecule has 4 rings (SSSR count). The normalized spacial score (nSPS) is 19.0. The highest BCUT2D eigenvalue weighted by Crippen LogP contribution is 2.28. The number of carboxylic acids is 1. The molecule has 2 heterocycles. The Balaban J connectivity index is 1.37. The van der Waals surface area contributed by atoms with E-state index in [1.54, 1.807) is 36.4 Å². The first-order valence-corrected chi connectivity index (χ1v) is 12.0. The second-order valence-electron chi connectivity index (χ2n) is 9.06. The number of hydrazine groups is 1. The number of alkyl halides is 2. The van der Waals surface area contributed by atoms with E-state index >= 15 is 4.39 Å². The van der Waals surface area contributed by atoms with Crippen LogP contribution < -0.4 is 15.1 Å². The van der Waals surface area contributed by atoms with Gasteiger partial charge < -0.3 is 20.1 Å². The van der Waals surface area contributed by atoms with Crippen molar-refractivity contribution in [2.75, 3.05) is 56.1 Å². The Morgan fingerprint density at radius 2 is 1.82 bits per heavy atom. The number of cyclic esters (lactones) is 1. The first-order valence-electron chi connectivity index (χ1n) is 12.0. The van der Waals surface area contributed by atoms with Gasteiger partial charge in [0.15, 0.2) is 0 Å². The van der Waals surface area contributed by atoms with E-state index < -0.39 is 36.3 Å². The van der Waals surface area contributed by atoms with Crippen molar-refractivity contribution in [1.82, 2.24) is 15.3 Å². The predicted molar refractivity (Wildman–Crippen MR) is 132 cm³/mol. The SMILES string of the molecule is CN1CCN(c2ccc(N3C[C@H](CNC(=O)C(F)F)OC3=O)cc2F)CCN1Cc1ccc(C(=O)O)cc1. The third-order valence-corrected chi connectivity index (χ3v) is 6.53. The zero-order chi connectivity index (χ0) is 27.4. The number of hydrogen-bond donors (Lipinski definition) is 2. The Morgan fingerprint density at radius 3 is 2.47 bits per heavy atom. The van der Waals surface area contributed by atoms with E-state index in [-0.39, 0.29) is 24.3 Å². The van der Waals surface area contributed by atoms with Gasteiger partial charge in [-0.15, -0.1) is 0 Å². The summed E-state index contributed by atoms with van der Waals surface area (Å²) in [7, 11) is 1.94. The van der Waals surface area contributed by atoms with Crippen LogP contribution in [-0.4, -0.2) is 91.9 Å². The number of halogens is 3. The van der Waals surface area contributed by atoms with Crippen molar-refractivity contribution in [3.8, 4) is 0 Å². The van der Waals surface area contributed by atoms with Crippen molar-refractivity contribution >= 4 is 29.3 Å². The average molecular weight is 536 g/mol. The molecule has 2 saturated heterocycles. The molecule has 0 radical (unpaired) electrons. The average Bonchev–Trinajstić information content (AvgIpc) is 3.17. The smallest absolute Gasteiger partial charge is 0.414 e. The van der Waals surface area contributed by atoms with Gasteiger partial charge in [-0.2, -0.15) is 8.78 Å². The van der Waals surface area contributed by atoms with Crippen LogP contribution in [0.3, 0.4) is 0 Å². The summed E-state index contributed by atoms with van der Waals surface area (Å²) in [6, 6.07) is 11.1. The Morgan fingerprint density at radius 1 is 1.11 bits per heavy atom. The van der Waals surface area contributed by atoms with Gasteiger partial charge >= 0.3 is 18.5 Å². The molecule has 2 aromatic rings. The third kappa shape index (κ3) is 6.34. The van der Waals surface area contributed by atoms with Crippen molar-refractivity contribution in [1.29, 1.82) is 0 Å². The van der Waals surface area contributed by atoms with Gasteiger partial charge in [-0.05, 0) is 35.9 Å². The molecule has 13 heteroatoms. The van der Waals surface area contributed by atoms with Gasteiger partial charge in [0.1, 0.15) is 11.9 Å². The second-order valence-corrected chi connectivity index (χ2v) is 9.06. The summed E-state index contributed by atoms with van der Waals surface area (Å²) in [5.74, 6) is -2.95. The molecule has 2 aromatic carbocycles. The van der Waals surface area contributed by atoms with Gasteiger partial charge in [-0.25, -0.2) is 24.0 Å². The fourth-order valence-corrected chi connectivity index (χ4v) is 4.38. The van der Waals surface area contributed by atoms with Gasteiger partial charge in [0.2, 0.25) is 0 Å². The predicted octanol–water partition coefficient (Wildman–Crippen LogP) is 2.40. The largest absolute Gasteiger partial charge is 0.478 e. The maximum atomic E-state index is 15.2. The Bertz CT molecular complexity index is 1180. The zero-order valence-corrected chi connectivity index (χ0v) is 20.6.